The molecule has 156 valence electrons. The van der Waals surface area contributed by atoms with Gasteiger partial charge in [-0.25, -0.2) is 9.50 Å². The zero-order valence-corrected chi connectivity index (χ0v) is 17.5. The van der Waals surface area contributed by atoms with Crippen molar-refractivity contribution >= 4 is 46.3 Å². The number of rotatable bonds is 6. The van der Waals surface area contributed by atoms with E-state index in [1.54, 1.807) is 22.7 Å². The molecule has 10 heteroatoms. The zero-order valence-electron chi connectivity index (χ0n) is 16.7. The third-order valence-electron chi connectivity index (χ3n) is 4.64. The number of aryl methyl sites for hydroxylation is 2. The van der Waals surface area contributed by atoms with Gasteiger partial charge in [0.25, 0.3) is 5.91 Å². The predicted molar refractivity (Wildman–Crippen MR) is 114 cm³/mol. The molecule has 9 nitrogen and oxygen atoms in total. The summed E-state index contributed by atoms with van der Waals surface area (Å²) in [6.45, 7) is 5.07. The molecule has 0 spiro atoms. The number of nitrogens with zero attached hydrogens (tertiary/aromatic N) is 3. The van der Waals surface area contributed by atoms with Gasteiger partial charge < -0.3 is 16.4 Å². The predicted octanol–water partition coefficient (Wildman–Crippen LogP) is 2.63. The lowest BCUT2D eigenvalue weighted by atomic mass is 10.1. The maximum Gasteiger partial charge on any atom is 0.254 e. The largest absolute Gasteiger partial charge is 0.365 e. The summed E-state index contributed by atoms with van der Waals surface area (Å²) in [5.74, 6) is -1.02. The van der Waals surface area contributed by atoms with Crippen molar-refractivity contribution in [1.82, 2.24) is 14.6 Å². The molecule has 0 atom stereocenters. The summed E-state index contributed by atoms with van der Waals surface area (Å²) in [4.78, 5) is 39.5. The monoisotopic (exact) mass is 428 g/mol. The molecule has 0 unspecified atom stereocenters. The van der Waals surface area contributed by atoms with Gasteiger partial charge in [-0.3, -0.25) is 14.4 Å². The number of nitrogens with one attached hydrogen (secondary N) is 2. The third-order valence-corrected chi connectivity index (χ3v) is 4.95. The number of carbonyl (C=O) groups excluding carboxylic acids is 3. The van der Waals surface area contributed by atoms with Crippen LogP contribution in [0.2, 0.25) is 5.02 Å². The lowest BCUT2D eigenvalue weighted by molar-refractivity contribution is -0.116. The molecule has 3 aromatic rings. The van der Waals surface area contributed by atoms with Gasteiger partial charge in [-0.15, -0.1) is 0 Å². The highest BCUT2D eigenvalue weighted by Gasteiger charge is 2.17. The number of nitrogens with two attached hydrogens (primary N) is 1. The van der Waals surface area contributed by atoms with E-state index >= 15 is 0 Å². The first-order valence-electron chi connectivity index (χ1n) is 9.18. The van der Waals surface area contributed by atoms with Gasteiger partial charge in [0.15, 0.2) is 5.65 Å². The number of fused-ring (bicyclic) bond motifs is 1. The number of aromatic nitrogens is 3. The molecule has 2 aromatic heterocycles. The number of primary amides is 1. The second-order valence-electron chi connectivity index (χ2n) is 6.84. The van der Waals surface area contributed by atoms with Crippen molar-refractivity contribution in [3.05, 3.63) is 51.9 Å². The molecule has 3 amide bonds. The summed E-state index contributed by atoms with van der Waals surface area (Å²) in [5, 5.41) is 9.90. The Hall–Kier alpha value is -3.46. The number of anilines is 2. The number of amides is 3. The van der Waals surface area contributed by atoms with E-state index in [0.717, 1.165) is 11.3 Å². The second kappa shape index (κ2) is 8.50. The van der Waals surface area contributed by atoms with Crippen molar-refractivity contribution in [1.29, 1.82) is 0 Å². The van der Waals surface area contributed by atoms with E-state index < -0.39 is 5.91 Å². The normalized spacial score (nSPS) is 10.8. The van der Waals surface area contributed by atoms with Crippen LogP contribution in [0.25, 0.3) is 5.65 Å². The molecule has 0 bridgehead atoms. The first-order chi connectivity index (χ1) is 14.2. The van der Waals surface area contributed by atoms with Crippen molar-refractivity contribution in [2.45, 2.75) is 33.6 Å². The third kappa shape index (κ3) is 4.41. The Morgan fingerprint density at radius 3 is 2.57 bits per heavy atom. The van der Waals surface area contributed by atoms with Crippen molar-refractivity contribution in [2.24, 2.45) is 5.73 Å². The Kier molecular flexibility index (Phi) is 6.02. The van der Waals surface area contributed by atoms with Crippen LogP contribution in [0, 0.1) is 13.8 Å². The Balaban J connectivity index is 1.73. The van der Waals surface area contributed by atoms with Crippen molar-refractivity contribution in [3.63, 3.8) is 0 Å². The van der Waals surface area contributed by atoms with Gasteiger partial charge in [-0.2, -0.15) is 5.10 Å². The molecule has 1 aromatic carbocycles. The molecule has 30 heavy (non-hydrogen) atoms. The van der Waals surface area contributed by atoms with E-state index in [1.165, 1.54) is 13.1 Å². The first kappa shape index (κ1) is 21.3. The smallest absolute Gasteiger partial charge is 0.254 e. The molecule has 0 aliphatic rings. The molecular formula is C20H21ClN6O3. The van der Waals surface area contributed by atoms with Gasteiger partial charge >= 0.3 is 0 Å². The Morgan fingerprint density at radius 1 is 1.20 bits per heavy atom. The van der Waals surface area contributed by atoms with E-state index in [0.29, 0.717) is 34.2 Å². The van der Waals surface area contributed by atoms with Crippen molar-refractivity contribution in [2.75, 3.05) is 10.6 Å². The summed E-state index contributed by atoms with van der Waals surface area (Å²) >= 11 is 6.19. The highest BCUT2D eigenvalue weighted by Crippen LogP contribution is 2.26. The van der Waals surface area contributed by atoms with Gasteiger partial charge in [0.2, 0.25) is 11.8 Å². The van der Waals surface area contributed by atoms with Crippen LogP contribution in [0.5, 0.6) is 0 Å². The van der Waals surface area contributed by atoms with E-state index in [4.69, 9.17) is 17.3 Å². The SMILES string of the molecule is CC(=O)Nc1ccc(NC(=O)CCc2c(C)nc3c(C(N)=O)cnn3c2C)c(Cl)c1. The lowest BCUT2D eigenvalue weighted by Gasteiger charge is -2.12. The Labute approximate surface area is 177 Å². The van der Waals surface area contributed by atoms with Gasteiger partial charge in [0.1, 0.15) is 5.56 Å². The van der Waals surface area contributed by atoms with Gasteiger partial charge in [0, 0.05) is 30.4 Å². The van der Waals surface area contributed by atoms with Crippen LogP contribution in [-0.2, 0) is 16.0 Å². The van der Waals surface area contributed by atoms with Crippen LogP contribution in [-0.4, -0.2) is 32.3 Å². The van der Waals surface area contributed by atoms with E-state index in [9.17, 15) is 14.4 Å². The van der Waals surface area contributed by atoms with E-state index in [2.05, 4.69) is 20.7 Å². The molecule has 0 radical (unpaired) electrons. The average molecular weight is 429 g/mol. The lowest BCUT2D eigenvalue weighted by Crippen LogP contribution is -2.15. The van der Waals surface area contributed by atoms with Crippen LogP contribution in [0.4, 0.5) is 11.4 Å². The molecule has 0 aliphatic heterocycles. The fourth-order valence-electron chi connectivity index (χ4n) is 3.20. The minimum atomic E-state index is -0.593. The molecule has 2 heterocycles. The molecule has 0 saturated carbocycles. The average Bonchev–Trinajstić information content (AvgIpc) is 3.07. The fraction of sp³-hybridized carbons (Fsp3) is 0.250. The number of carbonyl (C=O) groups is 3. The summed E-state index contributed by atoms with van der Waals surface area (Å²) < 4.78 is 1.55. The maximum absolute atomic E-state index is 12.4. The zero-order chi connectivity index (χ0) is 22.0. The van der Waals surface area contributed by atoms with Crippen LogP contribution in [0.3, 0.4) is 0 Å². The van der Waals surface area contributed by atoms with Gasteiger partial charge in [0.05, 0.1) is 16.9 Å². The number of halogens is 1. The summed E-state index contributed by atoms with van der Waals surface area (Å²) in [7, 11) is 0. The van der Waals surface area contributed by atoms with Crippen LogP contribution >= 0.6 is 11.6 Å². The minimum Gasteiger partial charge on any atom is -0.365 e. The maximum atomic E-state index is 12.4. The Bertz CT molecular complexity index is 1170. The molecule has 3 rings (SSSR count). The van der Waals surface area contributed by atoms with E-state index in [-0.39, 0.29) is 23.8 Å². The quantitative estimate of drug-likeness (QED) is 0.555. The summed E-state index contributed by atoms with van der Waals surface area (Å²) in [6.07, 6.45) is 2.02. The standard InChI is InChI=1S/C20H21ClN6O3/c1-10-14(11(2)27-20(24-10)15(9-23-27)19(22)30)5-7-18(29)26-17-6-4-13(8-16(17)21)25-12(3)28/h4,6,8-9H,5,7H2,1-3H3,(H2,22,30)(H,25,28)(H,26,29). The van der Waals surface area contributed by atoms with Crippen LogP contribution in [0.1, 0.15) is 40.7 Å². The fourth-order valence-corrected chi connectivity index (χ4v) is 3.42. The van der Waals surface area contributed by atoms with E-state index in [1.807, 2.05) is 13.8 Å². The molecule has 0 aliphatic carbocycles. The molecule has 0 saturated heterocycles. The molecular weight excluding hydrogens is 408 g/mol. The number of hydrogen-bond acceptors (Lipinski definition) is 5. The van der Waals surface area contributed by atoms with Gasteiger partial charge in [-0.1, -0.05) is 11.6 Å². The van der Waals surface area contributed by atoms with Crippen molar-refractivity contribution in [3.8, 4) is 0 Å². The highest BCUT2D eigenvalue weighted by atomic mass is 35.5. The summed E-state index contributed by atoms with van der Waals surface area (Å²) in [5.41, 5.74) is 9.37. The summed E-state index contributed by atoms with van der Waals surface area (Å²) in [6, 6.07) is 4.85. The molecule has 4 N–H and O–H groups in total. The van der Waals surface area contributed by atoms with Crippen molar-refractivity contribution < 1.29 is 14.4 Å². The Morgan fingerprint density at radius 2 is 1.93 bits per heavy atom. The number of benzene rings is 1. The first-order valence-corrected chi connectivity index (χ1v) is 9.55. The van der Waals surface area contributed by atoms with Crippen LogP contribution < -0.4 is 16.4 Å². The number of hydrogen-bond donors (Lipinski definition) is 3. The highest BCUT2D eigenvalue weighted by molar-refractivity contribution is 6.34. The van der Waals surface area contributed by atoms with Gasteiger partial charge in [-0.05, 0) is 44.0 Å². The second-order valence-corrected chi connectivity index (χ2v) is 7.25. The topological polar surface area (TPSA) is 131 Å². The minimum absolute atomic E-state index is 0.197. The van der Waals surface area contributed by atoms with Crippen LogP contribution in [0.15, 0.2) is 24.4 Å². The molecule has 0 fully saturated rings.